The summed E-state index contributed by atoms with van der Waals surface area (Å²) in [6.45, 7) is 3.18. The maximum atomic E-state index is 6.07. The second kappa shape index (κ2) is 4.90. The van der Waals surface area contributed by atoms with Crippen molar-refractivity contribution in [2.75, 3.05) is 11.9 Å². The first kappa shape index (κ1) is 12.4. The lowest BCUT2D eigenvalue weighted by Gasteiger charge is -2.29. The zero-order chi connectivity index (χ0) is 13.5. The monoisotopic (exact) mass is 289 g/mol. The summed E-state index contributed by atoms with van der Waals surface area (Å²) in [4.78, 5) is 1.23. The zero-order valence-electron chi connectivity index (χ0n) is 11.6. The molecular formula is C15H19N3OS. The molecule has 0 aliphatic carbocycles. The average molecular weight is 289 g/mol. The summed E-state index contributed by atoms with van der Waals surface area (Å²) in [6.07, 6.45) is 4.13. The van der Waals surface area contributed by atoms with E-state index in [1.54, 1.807) is 11.3 Å². The minimum absolute atomic E-state index is 0.321. The third kappa shape index (κ3) is 2.05. The van der Waals surface area contributed by atoms with Crippen molar-refractivity contribution in [3.05, 3.63) is 23.6 Å². The highest BCUT2D eigenvalue weighted by Gasteiger charge is 2.34. The molecule has 4 nitrogen and oxygen atoms in total. The molecule has 0 saturated carbocycles. The molecule has 0 aromatic carbocycles. The minimum Gasteiger partial charge on any atom is -0.373 e. The Hall–Kier alpha value is -1.33. The van der Waals surface area contributed by atoms with Gasteiger partial charge < -0.3 is 10.1 Å². The standard InChI is InChI=1S/C15H19N3OS/c1-10-4-5-13(19-10)12-6-7-16-15-9-11(17-18(12)15)14-3-2-8-20-14/h2-3,8-10,12-13,16H,4-7H2,1H3. The van der Waals surface area contributed by atoms with Crippen molar-refractivity contribution in [1.82, 2.24) is 9.78 Å². The molecule has 1 N–H and O–H groups in total. The summed E-state index contributed by atoms with van der Waals surface area (Å²) in [6, 6.07) is 6.74. The Morgan fingerprint density at radius 2 is 2.35 bits per heavy atom. The quantitative estimate of drug-likeness (QED) is 0.919. The Balaban J connectivity index is 1.67. The van der Waals surface area contributed by atoms with Gasteiger partial charge in [-0.1, -0.05) is 6.07 Å². The van der Waals surface area contributed by atoms with Gasteiger partial charge in [0.25, 0.3) is 0 Å². The molecule has 0 bridgehead atoms. The summed E-state index contributed by atoms with van der Waals surface area (Å²) < 4.78 is 8.23. The van der Waals surface area contributed by atoms with E-state index in [1.165, 1.54) is 11.3 Å². The van der Waals surface area contributed by atoms with Crippen LogP contribution in [0.1, 0.15) is 32.2 Å². The van der Waals surface area contributed by atoms with Crippen molar-refractivity contribution in [3.63, 3.8) is 0 Å². The molecule has 4 rings (SSSR count). The Morgan fingerprint density at radius 1 is 1.40 bits per heavy atom. The number of nitrogens with one attached hydrogen (secondary N) is 1. The van der Waals surface area contributed by atoms with Crippen LogP contribution in [-0.2, 0) is 4.74 Å². The lowest BCUT2D eigenvalue weighted by molar-refractivity contribution is 0.0174. The summed E-state index contributed by atoms with van der Waals surface area (Å²) in [5.41, 5.74) is 1.07. The summed E-state index contributed by atoms with van der Waals surface area (Å²) in [5, 5.41) is 10.4. The molecule has 2 aromatic rings. The molecule has 5 heteroatoms. The molecule has 0 spiro atoms. The van der Waals surface area contributed by atoms with Gasteiger partial charge in [-0.25, -0.2) is 4.68 Å². The molecule has 0 radical (unpaired) electrons. The van der Waals surface area contributed by atoms with Crippen LogP contribution in [0.4, 0.5) is 5.82 Å². The molecule has 3 unspecified atom stereocenters. The van der Waals surface area contributed by atoms with E-state index in [2.05, 4.69) is 40.5 Å². The van der Waals surface area contributed by atoms with Crippen molar-refractivity contribution >= 4 is 17.2 Å². The van der Waals surface area contributed by atoms with E-state index in [9.17, 15) is 0 Å². The van der Waals surface area contributed by atoms with Gasteiger partial charge in [0, 0.05) is 12.6 Å². The van der Waals surface area contributed by atoms with Crippen LogP contribution in [0.2, 0.25) is 0 Å². The lowest BCUT2D eigenvalue weighted by Crippen LogP contribution is -2.32. The van der Waals surface area contributed by atoms with Crippen LogP contribution in [0.5, 0.6) is 0 Å². The number of hydrogen-bond donors (Lipinski definition) is 1. The van der Waals surface area contributed by atoms with E-state index in [0.717, 1.165) is 30.9 Å². The first-order valence-corrected chi connectivity index (χ1v) is 8.22. The Morgan fingerprint density at radius 3 is 3.10 bits per heavy atom. The second-order valence-electron chi connectivity index (χ2n) is 5.68. The number of aromatic nitrogens is 2. The number of anilines is 1. The summed E-state index contributed by atoms with van der Waals surface area (Å²) in [5.74, 6) is 1.13. The van der Waals surface area contributed by atoms with Crippen LogP contribution in [0.3, 0.4) is 0 Å². The third-order valence-corrected chi connectivity index (χ3v) is 5.16. The van der Waals surface area contributed by atoms with Crippen LogP contribution in [0, 0.1) is 0 Å². The van der Waals surface area contributed by atoms with Crippen molar-refractivity contribution in [2.24, 2.45) is 0 Å². The SMILES string of the molecule is CC1CCC(C2CCNc3cc(-c4cccs4)nn32)O1. The van der Waals surface area contributed by atoms with Gasteiger partial charge in [0.15, 0.2) is 0 Å². The van der Waals surface area contributed by atoms with Gasteiger partial charge in [-0.15, -0.1) is 11.3 Å². The second-order valence-corrected chi connectivity index (χ2v) is 6.63. The van der Waals surface area contributed by atoms with Gasteiger partial charge >= 0.3 is 0 Å². The molecule has 106 valence electrons. The van der Waals surface area contributed by atoms with E-state index in [4.69, 9.17) is 9.84 Å². The molecule has 1 fully saturated rings. The van der Waals surface area contributed by atoms with Gasteiger partial charge in [0.05, 0.1) is 23.1 Å². The molecule has 2 aromatic heterocycles. The fourth-order valence-electron chi connectivity index (χ4n) is 3.25. The smallest absolute Gasteiger partial charge is 0.125 e. The van der Waals surface area contributed by atoms with Crippen LogP contribution in [-0.4, -0.2) is 28.5 Å². The predicted molar refractivity (Wildman–Crippen MR) is 81.3 cm³/mol. The van der Waals surface area contributed by atoms with Gasteiger partial charge in [-0.2, -0.15) is 5.10 Å². The van der Waals surface area contributed by atoms with Crippen LogP contribution in [0.15, 0.2) is 23.6 Å². The molecule has 20 heavy (non-hydrogen) atoms. The van der Waals surface area contributed by atoms with Gasteiger partial charge in [-0.3, -0.25) is 0 Å². The fraction of sp³-hybridized carbons (Fsp3) is 0.533. The van der Waals surface area contributed by atoms with Crippen molar-refractivity contribution < 1.29 is 4.74 Å². The Bertz CT molecular complexity index is 592. The van der Waals surface area contributed by atoms with E-state index >= 15 is 0 Å². The normalized spacial score (nSPS) is 29.1. The van der Waals surface area contributed by atoms with Crippen molar-refractivity contribution in [1.29, 1.82) is 0 Å². The van der Waals surface area contributed by atoms with Crippen LogP contribution < -0.4 is 5.32 Å². The third-order valence-electron chi connectivity index (χ3n) is 4.26. The molecular weight excluding hydrogens is 270 g/mol. The van der Waals surface area contributed by atoms with Crippen LogP contribution in [0.25, 0.3) is 10.6 Å². The van der Waals surface area contributed by atoms with E-state index in [1.807, 2.05) is 0 Å². The first-order valence-electron chi connectivity index (χ1n) is 7.34. The topological polar surface area (TPSA) is 39.1 Å². The van der Waals surface area contributed by atoms with E-state index < -0.39 is 0 Å². The molecule has 0 amide bonds. The van der Waals surface area contributed by atoms with Gasteiger partial charge in [0.1, 0.15) is 11.5 Å². The van der Waals surface area contributed by atoms with Crippen LogP contribution >= 0.6 is 11.3 Å². The average Bonchev–Trinajstić information content (AvgIpc) is 3.17. The number of ether oxygens (including phenoxy) is 1. The van der Waals surface area contributed by atoms with Gasteiger partial charge in [0.2, 0.25) is 0 Å². The van der Waals surface area contributed by atoms with Crippen molar-refractivity contribution in [2.45, 2.75) is 44.4 Å². The van der Waals surface area contributed by atoms with E-state index in [0.29, 0.717) is 18.2 Å². The minimum atomic E-state index is 0.321. The highest BCUT2D eigenvalue weighted by Crippen LogP contribution is 2.36. The lowest BCUT2D eigenvalue weighted by atomic mass is 10.0. The number of thiophene rings is 1. The molecule has 2 aliphatic rings. The van der Waals surface area contributed by atoms with Gasteiger partial charge in [-0.05, 0) is 37.6 Å². The maximum Gasteiger partial charge on any atom is 0.125 e. The number of rotatable bonds is 2. The van der Waals surface area contributed by atoms with E-state index in [-0.39, 0.29) is 0 Å². The highest BCUT2D eigenvalue weighted by atomic mass is 32.1. The fourth-order valence-corrected chi connectivity index (χ4v) is 3.94. The predicted octanol–water partition coefficient (Wildman–Crippen LogP) is 3.54. The number of nitrogens with zero attached hydrogens (tertiary/aromatic N) is 2. The summed E-state index contributed by atoms with van der Waals surface area (Å²) in [7, 11) is 0. The number of fused-ring (bicyclic) bond motifs is 1. The maximum absolute atomic E-state index is 6.07. The molecule has 4 heterocycles. The Kier molecular flexibility index (Phi) is 3.04. The molecule has 3 atom stereocenters. The zero-order valence-corrected chi connectivity index (χ0v) is 12.4. The highest BCUT2D eigenvalue weighted by molar-refractivity contribution is 7.13. The Labute approximate surface area is 122 Å². The molecule has 1 saturated heterocycles. The number of hydrogen-bond acceptors (Lipinski definition) is 4. The summed E-state index contributed by atoms with van der Waals surface area (Å²) >= 11 is 1.74. The first-order chi connectivity index (χ1) is 9.81. The largest absolute Gasteiger partial charge is 0.373 e. The van der Waals surface area contributed by atoms with Crippen molar-refractivity contribution in [3.8, 4) is 10.6 Å². The molecule has 2 aliphatic heterocycles.